The van der Waals surface area contributed by atoms with E-state index < -0.39 is 6.43 Å². The van der Waals surface area contributed by atoms with Crippen molar-refractivity contribution in [3.63, 3.8) is 0 Å². The molecular formula is C11H10F2N2S. The van der Waals surface area contributed by atoms with E-state index in [0.29, 0.717) is 6.54 Å². The van der Waals surface area contributed by atoms with E-state index in [9.17, 15) is 8.78 Å². The zero-order valence-electron chi connectivity index (χ0n) is 8.36. The number of nitrogens with zero attached hydrogens (tertiary/aromatic N) is 1. The van der Waals surface area contributed by atoms with Gasteiger partial charge in [0.15, 0.2) is 0 Å². The van der Waals surface area contributed by atoms with Crippen molar-refractivity contribution in [2.24, 2.45) is 5.73 Å². The van der Waals surface area contributed by atoms with Crippen LogP contribution >= 0.6 is 11.3 Å². The minimum Gasteiger partial charge on any atom is -0.326 e. The maximum absolute atomic E-state index is 12.3. The first-order chi connectivity index (χ1) is 7.70. The highest BCUT2D eigenvalue weighted by Gasteiger charge is 2.08. The van der Waals surface area contributed by atoms with Gasteiger partial charge < -0.3 is 5.73 Å². The predicted octanol–water partition coefficient (Wildman–Crippen LogP) is 3.21. The van der Waals surface area contributed by atoms with Crippen molar-refractivity contribution in [3.8, 4) is 10.6 Å². The standard InChI is InChI=1S/C11H10F2N2S/c12-10(13)7-1-3-8(4-2-7)11-15-6-9(5-14)16-11/h1-4,6,10H,5,14H2. The molecule has 0 unspecified atom stereocenters. The summed E-state index contributed by atoms with van der Waals surface area (Å²) in [7, 11) is 0. The molecule has 5 heteroatoms. The second kappa shape index (κ2) is 4.67. The topological polar surface area (TPSA) is 38.9 Å². The monoisotopic (exact) mass is 240 g/mol. The molecule has 0 aliphatic rings. The molecule has 0 aliphatic carbocycles. The number of nitrogens with two attached hydrogens (primary N) is 1. The number of thiazole rings is 1. The molecule has 16 heavy (non-hydrogen) atoms. The number of hydrogen-bond donors (Lipinski definition) is 1. The van der Waals surface area contributed by atoms with E-state index in [1.165, 1.54) is 23.5 Å². The van der Waals surface area contributed by atoms with Gasteiger partial charge in [-0.3, -0.25) is 0 Å². The maximum atomic E-state index is 12.3. The first-order valence-corrected chi connectivity index (χ1v) is 5.55. The van der Waals surface area contributed by atoms with Gasteiger partial charge in [0, 0.05) is 28.7 Å². The first-order valence-electron chi connectivity index (χ1n) is 4.74. The third-order valence-electron chi connectivity index (χ3n) is 2.16. The lowest BCUT2D eigenvalue weighted by Crippen LogP contribution is -1.91. The summed E-state index contributed by atoms with van der Waals surface area (Å²) in [6, 6.07) is 6.15. The normalized spacial score (nSPS) is 11.0. The molecule has 2 aromatic rings. The molecular weight excluding hydrogens is 230 g/mol. The Labute approximate surface area is 95.7 Å². The zero-order valence-corrected chi connectivity index (χ0v) is 9.18. The summed E-state index contributed by atoms with van der Waals surface area (Å²) in [6.07, 6.45) is -0.717. The highest BCUT2D eigenvalue weighted by atomic mass is 32.1. The molecule has 0 fully saturated rings. The van der Waals surface area contributed by atoms with Gasteiger partial charge in [-0.05, 0) is 0 Å². The minimum atomic E-state index is -2.43. The quantitative estimate of drug-likeness (QED) is 0.894. The summed E-state index contributed by atoms with van der Waals surface area (Å²) < 4.78 is 24.7. The molecule has 1 aromatic heterocycles. The highest BCUT2D eigenvalue weighted by Crippen LogP contribution is 2.27. The third-order valence-corrected chi connectivity index (χ3v) is 3.23. The second-order valence-corrected chi connectivity index (χ2v) is 4.37. The molecule has 0 spiro atoms. The number of alkyl halides is 2. The van der Waals surface area contributed by atoms with Crippen molar-refractivity contribution in [1.82, 2.24) is 4.98 Å². The summed E-state index contributed by atoms with van der Waals surface area (Å²) in [5.74, 6) is 0. The molecule has 2 nitrogen and oxygen atoms in total. The Morgan fingerprint density at radius 1 is 1.25 bits per heavy atom. The molecule has 0 saturated heterocycles. The Hall–Kier alpha value is -1.33. The summed E-state index contributed by atoms with van der Waals surface area (Å²) in [5.41, 5.74) is 6.35. The van der Waals surface area contributed by atoms with Crippen molar-refractivity contribution in [3.05, 3.63) is 40.9 Å². The summed E-state index contributed by atoms with van der Waals surface area (Å²) in [6.45, 7) is 0.451. The number of hydrogen-bond acceptors (Lipinski definition) is 3. The van der Waals surface area contributed by atoms with Crippen LogP contribution in [0.5, 0.6) is 0 Å². The van der Waals surface area contributed by atoms with Crippen LogP contribution in [0, 0.1) is 0 Å². The van der Waals surface area contributed by atoms with Crippen LogP contribution in [-0.2, 0) is 6.54 Å². The number of rotatable bonds is 3. The largest absolute Gasteiger partial charge is 0.326 e. The molecule has 0 amide bonds. The van der Waals surface area contributed by atoms with E-state index in [-0.39, 0.29) is 5.56 Å². The van der Waals surface area contributed by atoms with Crippen LogP contribution < -0.4 is 5.73 Å². The smallest absolute Gasteiger partial charge is 0.263 e. The highest BCUT2D eigenvalue weighted by molar-refractivity contribution is 7.15. The van der Waals surface area contributed by atoms with Crippen molar-refractivity contribution < 1.29 is 8.78 Å². The summed E-state index contributed by atoms with van der Waals surface area (Å²) >= 11 is 1.48. The molecule has 0 atom stereocenters. The van der Waals surface area contributed by atoms with Crippen molar-refractivity contribution in [2.75, 3.05) is 0 Å². The molecule has 1 aromatic carbocycles. The van der Waals surface area contributed by atoms with E-state index >= 15 is 0 Å². The van der Waals surface area contributed by atoms with Crippen molar-refractivity contribution in [2.45, 2.75) is 13.0 Å². The lowest BCUT2D eigenvalue weighted by molar-refractivity contribution is 0.151. The number of benzene rings is 1. The van der Waals surface area contributed by atoms with Crippen molar-refractivity contribution in [1.29, 1.82) is 0 Å². The van der Waals surface area contributed by atoms with Crippen LogP contribution in [-0.4, -0.2) is 4.98 Å². The van der Waals surface area contributed by atoms with Gasteiger partial charge in [-0.1, -0.05) is 24.3 Å². The average molecular weight is 240 g/mol. The van der Waals surface area contributed by atoms with E-state index in [1.807, 2.05) is 0 Å². The van der Waals surface area contributed by atoms with Crippen LogP contribution in [0.1, 0.15) is 16.9 Å². The summed E-state index contributed by atoms with van der Waals surface area (Å²) in [4.78, 5) is 5.16. The van der Waals surface area contributed by atoms with Gasteiger partial charge in [0.25, 0.3) is 6.43 Å². The van der Waals surface area contributed by atoms with Gasteiger partial charge in [0.05, 0.1) is 0 Å². The first kappa shape index (κ1) is 11.2. The number of aromatic nitrogens is 1. The van der Waals surface area contributed by atoms with Gasteiger partial charge in [-0.2, -0.15) is 0 Å². The molecule has 0 saturated carbocycles. The Balaban J connectivity index is 2.27. The molecule has 1 heterocycles. The lowest BCUT2D eigenvalue weighted by atomic mass is 10.1. The molecule has 0 aliphatic heterocycles. The van der Waals surface area contributed by atoms with Gasteiger partial charge in [0.1, 0.15) is 5.01 Å². The van der Waals surface area contributed by atoms with E-state index in [0.717, 1.165) is 15.4 Å². The van der Waals surface area contributed by atoms with Crippen LogP contribution in [0.4, 0.5) is 8.78 Å². The van der Waals surface area contributed by atoms with E-state index in [4.69, 9.17) is 5.73 Å². The van der Waals surface area contributed by atoms with Crippen molar-refractivity contribution >= 4 is 11.3 Å². The Morgan fingerprint density at radius 3 is 2.44 bits per heavy atom. The van der Waals surface area contributed by atoms with Gasteiger partial charge in [-0.25, -0.2) is 13.8 Å². The lowest BCUT2D eigenvalue weighted by Gasteiger charge is -2.00. The molecule has 2 N–H and O–H groups in total. The van der Waals surface area contributed by atoms with Crippen LogP contribution in [0.25, 0.3) is 10.6 Å². The van der Waals surface area contributed by atoms with Gasteiger partial charge in [0.2, 0.25) is 0 Å². The number of halogens is 2. The minimum absolute atomic E-state index is 0.0272. The molecule has 84 valence electrons. The zero-order chi connectivity index (χ0) is 11.5. The Bertz CT molecular complexity index is 465. The van der Waals surface area contributed by atoms with Crippen LogP contribution in [0.3, 0.4) is 0 Å². The van der Waals surface area contributed by atoms with E-state index in [1.54, 1.807) is 18.3 Å². The molecule has 0 bridgehead atoms. The maximum Gasteiger partial charge on any atom is 0.263 e. The van der Waals surface area contributed by atoms with Gasteiger partial charge in [-0.15, -0.1) is 11.3 Å². The fraction of sp³-hybridized carbons (Fsp3) is 0.182. The van der Waals surface area contributed by atoms with Crippen LogP contribution in [0.2, 0.25) is 0 Å². The second-order valence-electron chi connectivity index (χ2n) is 3.26. The Kier molecular flexibility index (Phi) is 3.26. The van der Waals surface area contributed by atoms with Gasteiger partial charge >= 0.3 is 0 Å². The fourth-order valence-corrected chi connectivity index (χ4v) is 2.10. The van der Waals surface area contributed by atoms with Crippen LogP contribution in [0.15, 0.2) is 30.5 Å². The SMILES string of the molecule is NCc1cnc(-c2ccc(C(F)F)cc2)s1. The summed E-state index contributed by atoms with van der Waals surface area (Å²) in [5, 5.41) is 0.807. The predicted molar refractivity (Wildman–Crippen MR) is 60.4 cm³/mol. The average Bonchev–Trinajstić information content (AvgIpc) is 2.77. The Morgan fingerprint density at radius 2 is 1.94 bits per heavy atom. The van der Waals surface area contributed by atoms with E-state index in [2.05, 4.69) is 4.98 Å². The third kappa shape index (κ3) is 2.25. The molecule has 0 radical (unpaired) electrons. The molecule has 2 rings (SSSR count). The fourth-order valence-electron chi connectivity index (χ4n) is 1.31.